The van der Waals surface area contributed by atoms with E-state index >= 15 is 0 Å². The van der Waals surface area contributed by atoms with E-state index in [0.717, 1.165) is 0 Å². The summed E-state index contributed by atoms with van der Waals surface area (Å²) < 4.78 is 4.93. The lowest BCUT2D eigenvalue weighted by molar-refractivity contribution is 0.366. The first-order valence-electron chi connectivity index (χ1n) is 2.94. The maximum atomic E-state index is 8.16. The van der Waals surface area contributed by atoms with Gasteiger partial charge < -0.3 is 4.74 Å². The quantitative estimate of drug-likeness (QED) is 0.631. The fourth-order valence-electron chi connectivity index (χ4n) is 0.563. The zero-order valence-electron chi connectivity index (χ0n) is 5.62. The SMILES string of the molecule is N#CCOc1ccc(Cl)nc1. The Bertz CT molecular complexity index is 265. The van der Waals surface area contributed by atoms with E-state index in [1.54, 1.807) is 12.1 Å². The van der Waals surface area contributed by atoms with Gasteiger partial charge in [-0.15, -0.1) is 0 Å². The molecule has 1 rings (SSSR count). The molecule has 56 valence electrons. The fraction of sp³-hybridized carbons (Fsp3) is 0.143. The molecule has 0 saturated heterocycles. The third-order valence-corrected chi connectivity index (χ3v) is 1.23. The number of pyridine rings is 1. The molecule has 0 amide bonds. The highest BCUT2D eigenvalue weighted by atomic mass is 35.5. The van der Waals surface area contributed by atoms with E-state index in [2.05, 4.69) is 4.98 Å². The number of hydrogen-bond acceptors (Lipinski definition) is 3. The van der Waals surface area contributed by atoms with Crippen LogP contribution in [0.2, 0.25) is 5.15 Å². The maximum Gasteiger partial charge on any atom is 0.174 e. The van der Waals surface area contributed by atoms with Crippen molar-refractivity contribution in [3.8, 4) is 11.8 Å². The van der Waals surface area contributed by atoms with Gasteiger partial charge in [0.05, 0.1) is 6.20 Å². The second-order valence-electron chi connectivity index (χ2n) is 1.76. The Kier molecular flexibility index (Phi) is 2.70. The molecule has 3 nitrogen and oxygen atoms in total. The standard InChI is InChI=1S/C7H5ClN2O/c8-7-2-1-6(5-10-7)11-4-3-9/h1-2,5H,4H2. The summed E-state index contributed by atoms with van der Waals surface area (Å²) in [6.45, 7) is 0.0311. The van der Waals surface area contributed by atoms with Gasteiger partial charge in [0.25, 0.3) is 0 Å². The van der Waals surface area contributed by atoms with Crippen molar-refractivity contribution in [1.82, 2.24) is 4.98 Å². The molecule has 0 aliphatic rings. The normalized spacial score (nSPS) is 8.73. The van der Waals surface area contributed by atoms with Gasteiger partial charge in [0.2, 0.25) is 0 Å². The van der Waals surface area contributed by atoms with E-state index in [4.69, 9.17) is 21.6 Å². The average molecular weight is 169 g/mol. The largest absolute Gasteiger partial charge is 0.477 e. The molecule has 0 aliphatic heterocycles. The molecule has 0 bridgehead atoms. The van der Waals surface area contributed by atoms with Gasteiger partial charge in [-0.3, -0.25) is 0 Å². The number of ether oxygens (including phenoxy) is 1. The van der Waals surface area contributed by atoms with Gasteiger partial charge >= 0.3 is 0 Å². The number of halogens is 1. The van der Waals surface area contributed by atoms with Crippen LogP contribution in [0.5, 0.6) is 5.75 Å². The number of rotatable bonds is 2. The van der Waals surface area contributed by atoms with Gasteiger partial charge in [0.1, 0.15) is 17.0 Å². The van der Waals surface area contributed by atoms with E-state index in [-0.39, 0.29) is 6.61 Å². The Hall–Kier alpha value is -1.27. The molecule has 0 atom stereocenters. The van der Waals surface area contributed by atoms with Gasteiger partial charge in [0, 0.05) is 0 Å². The first-order valence-corrected chi connectivity index (χ1v) is 3.32. The van der Waals surface area contributed by atoms with Crippen LogP contribution in [0.15, 0.2) is 18.3 Å². The van der Waals surface area contributed by atoms with Crippen LogP contribution in [0, 0.1) is 11.3 Å². The molecule has 4 heteroatoms. The lowest BCUT2D eigenvalue weighted by Gasteiger charge is -1.98. The van der Waals surface area contributed by atoms with Gasteiger partial charge in [0.15, 0.2) is 6.61 Å². The molecule has 1 heterocycles. The predicted molar refractivity (Wildman–Crippen MR) is 40.4 cm³/mol. The van der Waals surface area contributed by atoms with Gasteiger partial charge in [-0.1, -0.05) is 11.6 Å². The first kappa shape index (κ1) is 7.83. The van der Waals surface area contributed by atoms with Crippen LogP contribution in [0.4, 0.5) is 0 Å². The molecule has 0 spiro atoms. The van der Waals surface area contributed by atoms with Crippen molar-refractivity contribution >= 4 is 11.6 Å². The van der Waals surface area contributed by atoms with Crippen molar-refractivity contribution in [2.24, 2.45) is 0 Å². The van der Waals surface area contributed by atoms with Crippen LogP contribution in [0.3, 0.4) is 0 Å². The highest BCUT2D eigenvalue weighted by Gasteiger charge is 1.92. The van der Waals surface area contributed by atoms with Crippen molar-refractivity contribution in [2.45, 2.75) is 0 Å². The van der Waals surface area contributed by atoms with Crippen molar-refractivity contribution in [2.75, 3.05) is 6.61 Å². The minimum atomic E-state index is 0.0311. The van der Waals surface area contributed by atoms with Gasteiger partial charge in [-0.2, -0.15) is 5.26 Å². The molecule has 1 aromatic rings. The summed E-state index contributed by atoms with van der Waals surface area (Å²) in [5.41, 5.74) is 0. The van der Waals surface area contributed by atoms with Crippen LogP contribution in [-0.4, -0.2) is 11.6 Å². The number of aromatic nitrogens is 1. The van der Waals surface area contributed by atoms with Crippen LogP contribution in [-0.2, 0) is 0 Å². The van der Waals surface area contributed by atoms with E-state index in [1.807, 2.05) is 6.07 Å². The summed E-state index contributed by atoms with van der Waals surface area (Å²) in [5, 5.41) is 8.57. The summed E-state index contributed by atoms with van der Waals surface area (Å²) in [5.74, 6) is 0.552. The molecular weight excluding hydrogens is 164 g/mol. The average Bonchev–Trinajstić information content (AvgIpc) is 2.04. The van der Waals surface area contributed by atoms with E-state index in [1.165, 1.54) is 6.20 Å². The second-order valence-corrected chi connectivity index (χ2v) is 2.15. The number of nitriles is 1. The minimum absolute atomic E-state index is 0.0311. The highest BCUT2D eigenvalue weighted by molar-refractivity contribution is 6.29. The van der Waals surface area contributed by atoms with Crippen LogP contribution < -0.4 is 4.74 Å². The van der Waals surface area contributed by atoms with E-state index in [0.29, 0.717) is 10.9 Å². The fourth-order valence-corrected chi connectivity index (χ4v) is 0.675. The third-order valence-electron chi connectivity index (χ3n) is 1.00. The topological polar surface area (TPSA) is 45.9 Å². The number of nitrogens with zero attached hydrogens (tertiary/aromatic N) is 2. The predicted octanol–water partition coefficient (Wildman–Crippen LogP) is 1.64. The smallest absolute Gasteiger partial charge is 0.174 e. The number of hydrogen-bond donors (Lipinski definition) is 0. The Balaban J connectivity index is 2.60. The van der Waals surface area contributed by atoms with Crippen LogP contribution in [0.1, 0.15) is 0 Å². The Morgan fingerprint density at radius 1 is 1.64 bits per heavy atom. The molecule has 0 aliphatic carbocycles. The summed E-state index contributed by atoms with van der Waals surface area (Å²) in [6.07, 6.45) is 1.47. The Labute approximate surface area is 69.2 Å². The summed E-state index contributed by atoms with van der Waals surface area (Å²) in [7, 11) is 0. The monoisotopic (exact) mass is 168 g/mol. The molecule has 1 aromatic heterocycles. The van der Waals surface area contributed by atoms with E-state index < -0.39 is 0 Å². The Morgan fingerprint density at radius 2 is 2.45 bits per heavy atom. The van der Waals surface area contributed by atoms with Crippen molar-refractivity contribution in [3.63, 3.8) is 0 Å². The molecule has 0 saturated carbocycles. The molecule has 0 aromatic carbocycles. The van der Waals surface area contributed by atoms with Crippen LogP contribution >= 0.6 is 11.6 Å². The molecule has 0 unspecified atom stereocenters. The lowest BCUT2D eigenvalue weighted by Crippen LogP contribution is -1.93. The lowest BCUT2D eigenvalue weighted by atomic mass is 10.5. The molecular formula is C7H5ClN2O. The molecule has 0 N–H and O–H groups in total. The van der Waals surface area contributed by atoms with Gasteiger partial charge in [-0.25, -0.2) is 4.98 Å². The zero-order chi connectivity index (χ0) is 8.10. The van der Waals surface area contributed by atoms with Crippen LogP contribution in [0.25, 0.3) is 0 Å². The minimum Gasteiger partial charge on any atom is -0.477 e. The first-order chi connectivity index (χ1) is 5.33. The molecule has 0 fully saturated rings. The van der Waals surface area contributed by atoms with E-state index in [9.17, 15) is 0 Å². The van der Waals surface area contributed by atoms with Crippen molar-refractivity contribution in [3.05, 3.63) is 23.5 Å². The summed E-state index contributed by atoms with van der Waals surface area (Å²) in [4.78, 5) is 3.76. The van der Waals surface area contributed by atoms with Gasteiger partial charge in [-0.05, 0) is 12.1 Å². The summed E-state index contributed by atoms with van der Waals surface area (Å²) >= 11 is 5.51. The zero-order valence-corrected chi connectivity index (χ0v) is 6.38. The highest BCUT2D eigenvalue weighted by Crippen LogP contribution is 2.11. The maximum absolute atomic E-state index is 8.16. The van der Waals surface area contributed by atoms with Crippen molar-refractivity contribution < 1.29 is 4.74 Å². The second kappa shape index (κ2) is 3.79. The molecule has 11 heavy (non-hydrogen) atoms. The Morgan fingerprint density at radius 3 is 3.00 bits per heavy atom. The summed E-state index contributed by atoms with van der Waals surface area (Å²) in [6, 6.07) is 5.11. The molecule has 0 radical (unpaired) electrons. The third kappa shape index (κ3) is 2.44. The van der Waals surface area contributed by atoms with Crippen molar-refractivity contribution in [1.29, 1.82) is 5.26 Å².